The van der Waals surface area contributed by atoms with Crippen molar-refractivity contribution in [2.75, 3.05) is 0 Å². The van der Waals surface area contributed by atoms with Gasteiger partial charge in [-0.15, -0.1) is 0 Å². The molecule has 0 spiro atoms. The number of Topliss-reactive ketones (excluding diaryl/α,β-unsaturated/α-hetero) is 1. The molecule has 1 aliphatic carbocycles. The van der Waals surface area contributed by atoms with Crippen LogP contribution in [0.15, 0.2) is 23.3 Å². The minimum Gasteiger partial charge on any atom is -0.295 e. The van der Waals surface area contributed by atoms with Gasteiger partial charge in [0, 0.05) is 6.42 Å². The van der Waals surface area contributed by atoms with Crippen molar-refractivity contribution >= 4 is 5.78 Å². The molecule has 0 aromatic rings. The van der Waals surface area contributed by atoms with Gasteiger partial charge in [0.25, 0.3) is 0 Å². The summed E-state index contributed by atoms with van der Waals surface area (Å²) >= 11 is 0. The second kappa shape index (κ2) is 3.70. The quantitative estimate of drug-likeness (QED) is 0.613. The lowest BCUT2D eigenvalue weighted by atomic mass is 10.1. The summed E-state index contributed by atoms with van der Waals surface area (Å²) in [5, 5.41) is 0. The molecule has 1 aliphatic rings. The van der Waals surface area contributed by atoms with Gasteiger partial charge in [-0.25, -0.2) is 0 Å². The van der Waals surface area contributed by atoms with E-state index in [0.717, 1.165) is 12.0 Å². The fraction of sp³-hybridized carbons (Fsp3) is 0.545. The van der Waals surface area contributed by atoms with Gasteiger partial charge in [-0.2, -0.15) is 0 Å². The Hall–Kier alpha value is -0.850. The van der Waals surface area contributed by atoms with Gasteiger partial charge < -0.3 is 0 Å². The van der Waals surface area contributed by atoms with Crippen LogP contribution in [0.1, 0.15) is 33.6 Å². The minimum atomic E-state index is 0.318. The first-order valence-electron chi connectivity index (χ1n) is 4.52. The molecule has 12 heavy (non-hydrogen) atoms. The first kappa shape index (κ1) is 9.24. The van der Waals surface area contributed by atoms with Gasteiger partial charge in [-0.1, -0.05) is 26.0 Å². The number of hydrogen-bond acceptors (Lipinski definition) is 1. The van der Waals surface area contributed by atoms with E-state index in [0.29, 0.717) is 18.1 Å². The van der Waals surface area contributed by atoms with Crippen LogP contribution in [0.5, 0.6) is 0 Å². The highest BCUT2D eigenvalue weighted by molar-refractivity contribution is 5.98. The third-order valence-electron chi connectivity index (χ3n) is 2.20. The van der Waals surface area contributed by atoms with E-state index in [9.17, 15) is 4.79 Å². The Bertz CT molecular complexity index is 244. The lowest BCUT2D eigenvalue weighted by molar-refractivity contribution is -0.114. The molecular weight excluding hydrogens is 148 g/mol. The summed E-state index contributed by atoms with van der Waals surface area (Å²) in [6, 6.07) is 0. The Kier molecular flexibility index (Phi) is 2.85. The topological polar surface area (TPSA) is 17.1 Å². The van der Waals surface area contributed by atoms with Gasteiger partial charge >= 0.3 is 0 Å². The molecule has 0 aliphatic heterocycles. The van der Waals surface area contributed by atoms with E-state index in [1.54, 1.807) is 0 Å². The van der Waals surface area contributed by atoms with Crippen LogP contribution in [0.25, 0.3) is 0 Å². The molecule has 1 rings (SSSR count). The van der Waals surface area contributed by atoms with E-state index >= 15 is 0 Å². The Morgan fingerprint density at radius 2 is 2.00 bits per heavy atom. The molecule has 0 unspecified atom stereocenters. The molecule has 0 aromatic carbocycles. The number of carbonyl (C=O) groups excluding carboxylic acids is 1. The number of hydrogen-bond donors (Lipinski definition) is 0. The van der Waals surface area contributed by atoms with Crippen LogP contribution < -0.4 is 0 Å². The minimum absolute atomic E-state index is 0.318. The lowest BCUT2D eigenvalue weighted by Crippen LogP contribution is -1.89. The molecular formula is C11H16O. The van der Waals surface area contributed by atoms with E-state index in [4.69, 9.17) is 0 Å². The maximum absolute atomic E-state index is 11.1. The van der Waals surface area contributed by atoms with Crippen LogP contribution in [0, 0.1) is 5.92 Å². The predicted molar refractivity (Wildman–Crippen MR) is 50.9 cm³/mol. The summed E-state index contributed by atoms with van der Waals surface area (Å²) in [4.78, 5) is 11.1. The Balaban J connectivity index is 2.70. The lowest BCUT2D eigenvalue weighted by Gasteiger charge is -1.96. The molecule has 0 heterocycles. The number of allylic oxidation sites excluding steroid dienone is 4. The highest BCUT2D eigenvalue weighted by Crippen LogP contribution is 2.23. The number of ketones is 1. The molecule has 0 radical (unpaired) electrons. The van der Waals surface area contributed by atoms with Crippen molar-refractivity contribution in [3.05, 3.63) is 23.3 Å². The van der Waals surface area contributed by atoms with Crippen LogP contribution in [-0.4, -0.2) is 5.78 Å². The number of carbonyl (C=O) groups is 1. The zero-order chi connectivity index (χ0) is 9.14. The molecule has 66 valence electrons. The third-order valence-corrected chi connectivity index (χ3v) is 2.20. The van der Waals surface area contributed by atoms with Crippen molar-refractivity contribution in [3.8, 4) is 0 Å². The van der Waals surface area contributed by atoms with E-state index in [1.807, 2.05) is 6.92 Å². The highest BCUT2D eigenvalue weighted by atomic mass is 16.1. The molecule has 0 aromatic heterocycles. The summed E-state index contributed by atoms with van der Waals surface area (Å²) in [6.07, 6.45) is 5.90. The standard InChI is InChI=1S/C11H16O/c1-8(2)4-5-10-6-7-11(12)9(10)3/h4-5,8H,6-7H2,1-3H3/b5-4-. The summed E-state index contributed by atoms with van der Waals surface area (Å²) in [7, 11) is 0. The van der Waals surface area contributed by atoms with Crippen molar-refractivity contribution in [2.24, 2.45) is 5.92 Å². The highest BCUT2D eigenvalue weighted by Gasteiger charge is 2.16. The molecule has 1 nitrogen and oxygen atoms in total. The monoisotopic (exact) mass is 164 g/mol. The Morgan fingerprint density at radius 3 is 2.42 bits per heavy atom. The third kappa shape index (κ3) is 2.07. The van der Waals surface area contributed by atoms with Crippen molar-refractivity contribution in [2.45, 2.75) is 33.6 Å². The second-order valence-corrected chi connectivity index (χ2v) is 3.68. The van der Waals surface area contributed by atoms with Crippen molar-refractivity contribution in [3.63, 3.8) is 0 Å². The van der Waals surface area contributed by atoms with Gasteiger partial charge in [0.2, 0.25) is 0 Å². The molecule has 1 heteroatoms. The van der Waals surface area contributed by atoms with Crippen molar-refractivity contribution in [1.82, 2.24) is 0 Å². The maximum Gasteiger partial charge on any atom is 0.159 e. The molecule has 0 bridgehead atoms. The van der Waals surface area contributed by atoms with E-state index < -0.39 is 0 Å². The molecule has 0 saturated heterocycles. The SMILES string of the molecule is CC1=C(/C=C\C(C)C)CCC1=O. The van der Waals surface area contributed by atoms with Gasteiger partial charge in [-0.3, -0.25) is 4.79 Å². The maximum atomic E-state index is 11.1. The normalized spacial score (nSPS) is 18.8. The summed E-state index contributed by atoms with van der Waals surface area (Å²) in [5.41, 5.74) is 2.20. The Morgan fingerprint density at radius 1 is 1.33 bits per heavy atom. The van der Waals surface area contributed by atoms with Crippen LogP contribution >= 0.6 is 0 Å². The molecule has 0 amide bonds. The smallest absolute Gasteiger partial charge is 0.159 e. The summed E-state index contributed by atoms with van der Waals surface area (Å²) in [5.74, 6) is 0.888. The summed E-state index contributed by atoms with van der Waals surface area (Å²) < 4.78 is 0. The average molecular weight is 164 g/mol. The van der Waals surface area contributed by atoms with Gasteiger partial charge in [0.1, 0.15) is 0 Å². The predicted octanol–water partition coefficient (Wildman–Crippen LogP) is 2.88. The molecule has 0 fully saturated rings. The molecule has 0 N–H and O–H groups in total. The zero-order valence-corrected chi connectivity index (χ0v) is 8.05. The molecule has 0 atom stereocenters. The van der Waals surface area contributed by atoms with Crippen molar-refractivity contribution in [1.29, 1.82) is 0 Å². The van der Waals surface area contributed by atoms with Gasteiger partial charge in [0.15, 0.2) is 5.78 Å². The second-order valence-electron chi connectivity index (χ2n) is 3.68. The largest absolute Gasteiger partial charge is 0.295 e. The Labute approximate surface area is 74.2 Å². The average Bonchev–Trinajstić information content (AvgIpc) is 2.30. The molecule has 0 saturated carbocycles. The van der Waals surface area contributed by atoms with Crippen LogP contribution in [0.2, 0.25) is 0 Å². The van der Waals surface area contributed by atoms with E-state index in [-0.39, 0.29) is 0 Å². The fourth-order valence-corrected chi connectivity index (χ4v) is 1.32. The fourth-order valence-electron chi connectivity index (χ4n) is 1.32. The first-order valence-corrected chi connectivity index (χ1v) is 4.52. The zero-order valence-electron chi connectivity index (χ0n) is 8.05. The van der Waals surface area contributed by atoms with E-state index in [1.165, 1.54) is 5.57 Å². The van der Waals surface area contributed by atoms with Gasteiger partial charge in [-0.05, 0) is 30.4 Å². The van der Waals surface area contributed by atoms with Gasteiger partial charge in [0.05, 0.1) is 0 Å². The van der Waals surface area contributed by atoms with Crippen LogP contribution in [-0.2, 0) is 4.79 Å². The van der Waals surface area contributed by atoms with Crippen LogP contribution in [0.3, 0.4) is 0 Å². The van der Waals surface area contributed by atoms with Crippen molar-refractivity contribution < 1.29 is 4.79 Å². The summed E-state index contributed by atoms with van der Waals surface area (Å²) in [6.45, 7) is 6.21. The number of rotatable bonds is 2. The van der Waals surface area contributed by atoms with E-state index in [2.05, 4.69) is 26.0 Å². The first-order chi connectivity index (χ1) is 5.61. The van der Waals surface area contributed by atoms with Crippen LogP contribution in [0.4, 0.5) is 0 Å².